The summed E-state index contributed by atoms with van der Waals surface area (Å²) in [6.45, 7) is 5.86. The summed E-state index contributed by atoms with van der Waals surface area (Å²) in [6.07, 6.45) is 0. The topological polar surface area (TPSA) is 55.4 Å². The molecule has 1 N–H and O–H groups in total. The summed E-state index contributed by atoms with van der Waals surface area (Å²) in [4.78, 5) is 12.9. The molecule has 0 saturated carbocycles. The van der Waals surface area contributed by atoms with Gasteiger partial charge >= 0.3 is 5.63 Å². The van der Waals surface area contributed by atoms with Gasteiger partial charge in [-0.2, -0.15) is 0 Å². The highest BCUT2D eigenvalue weighted by atomic mass is 16.4. The van der Waals surface area contributed by atoms with Crippen molar-refractivity contribution in [1.29, 1.82) is 0 Å². The fourth-order valence-electron chi connectivity index (χ4n) is 4.03. The van der Waals surface area contributed by atoms with Crippen LogP contribution in [0.1, 0.15) is 16.9 Å². The normalized spacial score (nSPS) is 11.3. The van der Waals surface area contributed by atoms with E-state index in [0.717, 1.165) is 33.2 Å². The first-order valence-corrected chi connectivity index (χ1v) is 9.91. The molecule has 0 amide bonds. The maximum Gasteiger partial charge on any atom is 0.347 e. The molecule has 148 valence electrons. The molecule has 0 aliphatic rings. The standard InChI is InChI=1S/C26H21NO3/c1-15-11-12-21(16(2)13-15)27-25-23(24-22(30-25)14-17(3)29-26(24)28)20-10-6-8-18-7-4-5-9-19(18)20/h4-14,27H,1-3H3. The largest absolute Gasteiger partial charge is 0.439 e. The smallest absolute Gasteiger partial charge is 0.347 e. The van der Waals surface area contributed by atoms with Gasteiger partial charge in [0.2, 0.25) is 5.88 Å². The van der Waals surface area contributed by atoms with Crippen LogP contribution >= 0.6 is 0 Å². The van der Waals surface area contributed by atoms with Gasteiger partial charge in [0.15, 0.2) is 0 Å². The van der Waals surface area contributed by atoms with Gasteiger partial charge in [-0.15, -0.1) is 0 Å². The van der Waals surface area contributed by atoms with E-state index in [1.807, 2.05) is 43.3 Å². The van der Waals surface area contributed by atoms with E-state index in [-0.39, 0.29) is 0 Å². The molecular formula is C26H21NO3. The predicted octanol–water partition coefficient (Wildman–Crippen LogP) is 6.88. The van der Waals surface area contributed by atoms with E-state index in [9.17, 15) is 4.79 Å². The lowest BCUT2D eigenvalue weighted by Crippen LogP contribution is -2.01. The number of hydrogen-bond acceptors (Lipinski definition) is 4. The Kier molecular flexibility index (Phi) is 4.21. The monoisotopic (exact) mass is 395 g/mol. The Morgan fingerprint density at radius 1 is 0.833 bits per heavy atom. The fourth-order valence-corrected chi connectivity index (χ4v) is 4.03. The minimum Gasteiger partial charge on any atom is -0.439 e. The highest BCUT2D eigenvalue weighted by molar-refractivity contribution is 6.08. The van der Waals surface area contributed by atoms with E-state index in [4.69, 9.17) is 8.83 Å². The number of hydrogen-bond donors (Lipinski definition) is 1. The summed E-state index contributed by atoms with van der Waals surface area (Å²) in [5, 5.41) is 6.01. The fraction of sp³-hybridized carbons (Fsp3) is 0.115. The first-order valence-electron chi connectivity index (χ1n) is 9.91. The molecule has 0 spiro atoms. The number of anilines is 2. The van der Waals surface area contributed by atoms with E-state index < -0.39 is 5.63 Å². The number of furan rings is 1. The van der Waals surface area contributed by atoms with E-state index >= 15 is 0 Å². The number of benzene rings is 3. The SMILES string of the molecule is Cc1ccc(Nc2oc3cc(C)oc(=O)c3c2-c2cccc3ccccc23)c(C)c1. The molecular weight excluding hydrogens is 374 g/mol. The van der Waals surface area contributed by atoms with Crippen LogP contribution < -0.4 is 10.9 Å². The average molecular weight is 395 g/mol. The Hall–Kier alpha value is -3.79. The van der Waals surface area contributed by atoms with Crippen LogP contribution in [0.3, 0.4) is 0 Å². The predicted molar refractivity (Wildman–Crippen MR) is 122 cm³/mol. The van der Waals surface area contributed by atoms with Crippen LogP contribution in [0.25, 0.3) is 32.9 Å². The van der Waals surface area contributed by atoms with Crippen LogP contribution in [-0.2, 0) is 0 Å². The van der Waals surface area contributed by atoms with Crippen molar-refractivity contribution in [2.24, 2.45) is 0 Å². The van der Waals surface area contributed by atoms with Gasteiger partial charge in [-0.3, -0.25) is 0 Å². The summed E-state index contributed by atoms with van der Waals surface area (Å²) in [5.74, 6) is 1.05. The molecule has 0 aliphatic carbocycles. The van der Waals surface area contributed by atoms with Crippen molar-refractivity contribution in [2.45, 2.75) is 20.8 Å². The van der Waals surface area contributed by atoms with Crippen molar-refractivity contribution in [1.82, 2.24) is 0 Å². The number of nitrogens with one attached hydrogen (secondary N) is 1. The number of fused-ring (bicyclic) bond motifs is 2. The second kappa shape index (κ2) is 6.92. The molecule has 30 heavy (non-hydrogen) atoms. The molecule has 0 saturated heterocycles. The number of rotatable bonds is 3. The Balaban J connectivity index is 1.83. The summed E-state index contributed by atoms with van der Waals surface area (Å²) in [5.41, 5.74) is 4.98. The molecule has 0 aliphatic heterocycles. The minimum absolute atomic E-state index is 0.398. The first kappa shape index (κ1) is 18.3. The van der Waals surface area contributed by atoms with Gasteiger partial charge in [-0.05, 0) is 48.7 Å². The molecule has 0 fully saturated rings. The van der Waals surface area contributed by atoms with Crippen molar-refractivity contribution in [3.63, 3.8) is 0 Å². The Bertz CT molecular complexity index is 1470. The minimum atomic E-state index is -0.398. The third-order valence-electron chi connectivity index (χ3n) is 5.42. The van der Waals surface area contributed by atoms with E-state index in [2.05, 4.69) is 36.5 Å². The van der Waals surface area contributed by atoms with Crippen LogP contribution in [0, 0.1) is 20.8 Å². The van der Waals surface area contributed by atoms with Gasteiger partial charge in [-0.25, -0.2) is 4.79 Å². The summed E-state index contributed by atoms with van der Waals surface area (Å²) in [7, 11) is 0. The van der Waals surface area contributed by atoms with Crippen LogP contribution in [0.4, 0.5) is 11.6 Å². The molecule has 0 unspecified atom stereocenters. The summed E-state index contributed by atoms with van der Waals surface area (Å²) in [6, 6.07) is 22.1. The third kappa shape index (κ3) is 2.98. The zero-order valence-corrected chi connectivity index (χ0v) is 17.1. The van der Waals surface area contributed by atoms with E-state index in [1.54, 1.807) is 13.0 Å². The maximum atomic E-state index is 12.9. The van der Waals surface area contributed by atoms with Gasteiger partial charge in [0.05, 0.1) is 5.56 Å². The van der Waals surface area contributed by atoms with Crippen molar-refractivity contribution in [2.75, 3.05) is 5.32 Å². The highest BCUT2D eigenvalue weighted by Crippen LogP contribution is 2.41. The lowest BCUT2D eigenvalue weighted by Gasteiger charge is -2.11. The molecule has 4 nitrogen and oxygen atoms in total. The summed E-state index contributed by atoms with van der Waals surface area (Å²) >= 11 is 0. The highest BCUT2D eigenvalue weighted by Gasteiger charge is 2.22. The molecule has 3 aromatic carbocycles. The zero-order chi connectivity index (χ0) is 20.8. The molecule has 2 aromatic heterocycles. The molecule has 4 heteroatoms. The zero-order valence-electron chi connectivity index (χ0n) is 17.1. The van der Waals surface area contributed by atoms with Crippen molar-refractivity contribution in [3.8, 4) is 11.1 Å². The molecule has 0 radical (unpaired) electrons. The first-order chi connectivity index (χ1) is 14.5. The Labute approximate surface area is 173 Å². The quantitative estimate of drug-likeness (QED) is 0.362. The van der Waals surface area contributed by atoms with Crippen LogP contribution in [0.15, 0.2) is 80.4 Å². The van der Waals surface area contributed by atoms with Crippen LogP contribution in [0.2, 0.25) is 0 Å². The van der Waals surface area contributed by atoms with E-state index in [0.29, 0.717) is 22.6 Å². The molecule has 5 rings (SSSR count). The maximum absolute atomic E-state index is 12.9. The molecule has 0 bridgehead atoms. The third-order valence-corrected chi connectivity index (χ3v) is 5.42. The number of aryl methyl sites for hydroxylation is 3. The molecule has 0 atom stereocenters. The Morgan fingerprint density at radius 3 is 2.47 bits per heavy atom. The average Bonchev–Trinajstić information content (AvgIpc) is 3.07. The molecule has 2 heterocycles. The van der Waals surface area contributed by atoms with Gasteiger partial charge in [0.1, 0.15) is 16.7 Å². The van der Waals surface area contributed by atoms with E-state index in [1.165, 1.54) is 5.56 Å². The van der Waals surface area contributed by atoms with Crippen molar-refractivity contribution < 1.29 is 8.83 Å². The van der Waals surface area contributed by atoms with Crippen LogP contribution in [0.5, 0.6) is 0 Å². The summed E-state index contributed by atoms with van der Waals surface area (Å²) < 4.78 is 11.6. The van der Waals surface area contributed by atoms with Crippen LogP contribution in [-0.4, -0.2) is 0 Å². The lowest BCUT2D eigenvalue weighted by molar-refractivity contribution is 0.485. The molecule has 5 aromatic rings. The van der Waals surface area contributed by atoms with Crippen molar-refractivity contribution in [3.05, 3.63) is 94.0 Å². The van der Waals surface area contributed by atoms with Gasteiger partial charge < -0.3 is 14.2 Å². The van der Waals surface area contributed by atoms with Gasteiger partial charge in [0.25, 0.3) is 0 Å². The second-order valence-electron chi connectivity index (χ2n) is 7.66. The van der Waals surface area contributed by atoms with Gasteiger partial charge in [0, 0.05) is 11.8 Å². The second-order valence-corrected chi connectivity index (χ2v) is 7.66. The lowest BCUT2D eigenvalue weighted by atomic mass is 9.97. The van der Waals surface area contributed by atoms with Crippen molar-refractivity contribution >= 4 is 33.3 Å². The Morgan fingerprint density at radius 2 is 1.63 bits per heavy atom. The van der Waals surface area contributed by atoms with Gasteiger partial charge in [-0.1, -0.05) is 60.2 Å².